The maximum atomic E-state index is 6.10. The Balaban J connectivity index is 1.71. The summed E-state index contributed by atoms with van der Waals surface area (Å²) in [5.41, 5.74) is 3.76. The molecule has 3 aromatic carbocycles. The van der Waals surface area contributed by atoms with E-state index in [-0.39, 0.29) is 0 Å². The Bertz CT molecular complexity index is 738. The van der Waals surface area contributed by atoms with Crippen molar-refractivity contribution in [3.8, 4) is 5.75 Å². The second-order valence-electron chi connectivity index (χ2n) is 5.49. The van der Waals surface area contributed by atoms with E-state index in [1.165, 1.54) is 16.7 Å². The van der Waals surface area contributed by atoms with Crippen molar-refractivity contribution in [1.82, 2.24) is 0 Å². The van der Waals surface area contributed by atoms with Crippen molar-refractivity contribution in [2.75, 3.05) is 0 Å². The molecule has 0 aliphatic heterocycles. The van der Waals surface area contributed by atoms with E-state index in [2.05, 4.69) is 70.5 Å². The SMILES string of the molecule is Brc1cccc(CCc2ccccc2)c1OCc1ccccc1. The lowest BCUT2D eigenvalue weighted by Gasteiger charge is -2.13. The lowest BCUT2D eigenvalue weighted by atomic mass is 10.0. The van der Waals surface area contributed by atoms with Crippen LogP contribution in [-0.2, 0) is 19.4 Å². The Kier molecular flexibility index (Phi) is 5.49. The zero-order chi connectivity index (χ0) is 15.9. The highest BCUT2D eigenvalue weighted by atomic mass is 79.9. The second kappa shape index (κ2) is 7.98. The molecule has 2 heteroatoms. The normalized spacial score (nSPS) is 10.5. The van der Waals surface area contributed by atoms with Gasteiger partial charge in [0.1, 0.15) is 12.4 Å². The van der Waals surface area contributed by atoms with Gasteiger partial charge in [-0.25, -0.2) is 0 Å². The molecule has 0 N–H and O–H groups in total. The maximum absolute atomic E-state index is 6.10. The van der Waals surface area contributed by atoms with E-state index in [1.807, 2.05) is 24.3 Å². The summed E-state index contributed by atoms with van der Waals surface area (Å²) < 4.78 is 7.11. The first-order chi connectivity index (χ1) is 11.3. The van der Waals surface area contributed by atoms with Gasteiger partial charge in [-0.15, -0.1) is 0 Å². The van der Waals surface area contributed by atoms with Gasteiger partial charge in [0.05, 0.1) is 4.47 Å². The van der Waals surface area contributed by atoms with Crippen LogP contribution >= 0.6 is 15.9 Å². The smallest absolute Gasteiger partial charge is 0.137 e. The van der Waals surface area contributed by atoms with Gasteiger partial charge in [0.25, 0.3) is 0 Å². The number of para-hydroxylation sites is 1. The molecular formula is C21H19BrO. The standard InChI is InChI=1S/C21H19BrO/c22-20-13-7-12-19(15-14-17-8-3-1-4-9-17)21(20)23-16-18-10-5-2-6-11-18/h1-13H,14-16H2. The third-order valence-corrected chi connectivity index (χ3v) is 4.42. The average Bonchev–Trinajstić information content (AvgIpc) is 2.61. The number of rotatable bonds is 6. The second-order valence-corrected chi connectivity index (χ2v) is 6.34. The van der Waals surface area contributed by atoms with Gasteiger partial charge in [-0.3, -0.25) is 0 Å². The van der Waals surface area contributed by atoms with Gasteiger partial charge in [-0.2, -0.15) is 0 Å². The number of aryl methyl sites for hydroxylation is 2. The van der Waals surface area contributed by atoms with Gasteiger partial charge in [0, 0.05) is 0 Å². The van der Waals surface area contributed by atoms with Gasteiger partial charge in [-0.1, -0.05) is 72.8 Å². The molecule has 0 fully saturated rings. The van der Waals surface area contributed by atoms with Gasteiger partial charge >= 0.3 is 0 Å². The number of hydrogen-bond acceptors (Lipinski definition) is 1. The zero-order valence-corrected chi connectivity index (χ0v) is 14.5. The minimum atomic E-state index is 0.585. The summed E-state index contributed by atoms with van der Waals surface area (Å²) >= 11 is 3.62. The minimum absolute atomic E-state index is 0.585. The minimum Gasteiger partial charge on any atom is -0.487 e. The van der Waals surface area contributed by atoms with Crippen LogP contribution in [0.5, 0.6) is 5.75 Å². The van der Waals surface area contributed by atoms with E-state index in [0.717, 1.165) is 23.1 Å². The zero-order valence-electron chi connectivity index (χ0n) is 12.9. The molecule has 0 aliphatic rings. The molecule has 1 nitrogen and oxygen atoms in total. The van der Waals surface area contributed by atoms with Crippen molar-refractivity contribution < 1.29 is 4.74 Å². The highest BCUT2D eigenvalue weighted by molar-refractivity contribution is 9.10. The highest BCUT2D eigenvalue weighted by Crippen LogP contribution is 2.30. The molecule has 23 heavy (non-hydrogen) atoms. The molecule has 0 radical (unpaired) electrons. The van der Waals surface area contributed by atoms with E-state index >= 15 is 0 Å². The predicted octanol–water partition coefficient (Wildman–Crippen LogP) is 5.81. The Morgan fingerprint density at radius 2 is 1.30 bits per heavy atom. The molecule has 0 amide bonds. The summed E-state index contributed by atoms with van der Waals surface area (Å²) in [4.78, 5) is 0. The Labute approximate surface area is 146 Å². The first-order valence-electron chi connectivity index (χ1n) is 7.81. The third-order valence-electron chi connectivity index (χ3n) is 3.80. The molecule has 3 aromatic rings. The lowest BCUT2D eigenvalue weighted by molar-refractivity contribution is 0.301. The number of benzene rings is 3. The Morgan fingerprint density at radius 1 is 0.652 bits per heavy atom. The maximum Gasteiger partial charge on any atom is 0.137 e. The summed E-state index contributed by atoms with van der Waals surface area (Å²) in [6.07, 6.45) is 1.98. The largest absolute Gasteiger partial charge is 0.487 e. The van der Waals surface area contributed by atoms with Crippen LogP contribution in [-0.4, -0.2) is 0 Å². The first kappa shape index (κ1) is 15.8. The summed E-state index contributed by atoms with van der Waals surface area (Å²) in [6.45, 7) is 0.585. The van der Waals surface area contributed by atoms with Crippen LogP contribution in [0.1, 0.15) is 16.7 Å². The van der Waals surface area contributed by atoms with Gasteiger partial charge in [0.15, 0.2) is 0 Å². The van der Waals surface area contributed by atoms with Crippen LogP contribution in [0.3, 0.4) is 0 Å². The van der Waals surface area contributed by atoms with Crippen molar-refractivity contribution in [3.63, 3.8) is 0 Å². The van der Waals surface area contributed by atoms with Crippen LogP contribution in [0, 0.1) is 0 Å². The Morgan fingerprint density at radius 3 is 2.00 bits per heavy atom. The van der Waals surface area contributed by atoms with E-state index in [1.54, 1.807) is 0 Å². The number of hydrogen-bond donors (Lipinski definition) is 0. The van der Waals surface area contributed by atoms with Gasteiger partial charge in [-0.05, 0) is 51.5 Å². The molecular weight excluding hydrogens is 348 g/mol. The molecule has 0 heterocycles. The fourth-order valence-electron chi connectivity index (χ4n) is 2.57. The van der Waals surface area contributed by atoms with Crippen molar-refractivity contribution >= 4 is 15.9 Å². The molecule has 3 rings (SSSR count). The predicted molar refractivity (Wildman–Crippen MR) is 98.8 cm³/mol. The van der Waals surface area contributed by atoms with Crippen molar-refractivity contribution in [1.29, 1.82) is 0 Å². The molecule has 0 saturated heterocycles. The number of ether oxygens (including phenoxy) is 1. The molecule has 0 aliphatic carbocycles. The molecule has 0 saturated carbocycles. The van der Waals surface area contributed by atoms with E-state index in [9.17, 15) is 0 Å². The van der Waals surface area contributed by atoms with Crippen molar-refractivity contribution in [2.45, 2.75) is 19.4 Å². The molecule has 116 valence electrons. The first-order valence-corrected chi connectivity index (χ1v) is 8.60. The molecule has 0 atom stereocenters. The van der Waals surface area contributed by atoms with Crippen LogP contribution in [0.25, 0.3) is 0 Å². The molecule has 0 bridgehead atoms. The van der Waals surface area contributed by atoms with Crippen molar-refractivity contribution in [3.05, 3.63) is 100 Å². The van der Waals surface area contributed by atoms with E-state index < -0.39 is 0 Å². The quantitative estimate of drug-likeness (QED) is 0.534. The average molecular weight is 367 g/mol. The van der Waals surface area contributed by atoms with Crippen LogP contribution < -0.4 is 4.74 Å². The van der Waals surface area contributed by atoms with E-state index in [0.29, 0.717) is 6.61 Å². The van der Waals surface area contributed by atoms with E-state index in [4.69, 9.17) is 4.74 Å². The Hall–Kier alpha value is -2.06. The molecule has 0 aromatic heterocycles. The van der Waals surface area contributed by atoms with Crippen LogP contribution in [0.2, 0.25) is 0 Å². The van der Waals surface area contributed by atoms with Crippen LogP contribution in [0.15, 0.2) is 83.3 Å². The molecule has 0 unspecified atom stereocenters. The van der Waals surface area contributed by atoms with Gasteiger partial charge < -0.3 is 4.74 Å². The summed E-state index contributed by atoms with van der Waals surface area (Å²) in [5, 5.41) is 0. The van der Waals surface area contributed by atoms with Gasteiger partial charge in [0.2, 0.25) is 0 Å². The summed E-state index contributed by atoms with van der Waals surface area (Å²) in [5.74, 6) is 0.951. The summed E-state index contributed by atoms with van der Waals surface area (Å²) in [6, 6.07) is 27.1. The third kappa shape index (κ3) is 4.46. The number of halogens is 1. The highest BCUT2D eigenvalue weighted by Gasteiger charge is 2.09. The monoisotopic (exact) mass is 366 g/mol. The topological polar surface area (TPSA) is 9.23 Å². The fourth-order valence-corrected chi connectivity index (χ4v) is 3.09. The molecule has 0 spiro atoms. The fraction of sp³-hybridized carbons (Fsp3) is 0.143. The summed E-state index contributed by atoms with van der Waals surface area (Å²) in [7, 11) is 0. The van der Waals surface area contributed by atoms with Crippen LogP contribution in [0.4, 0.5) is 0 Å². The lowest BCUT2D eigenvalue weighted by Crippen LogP contribution is -2.01. The van der Waals surface area contributed by atoms with Crippen molar-refractivity contribution in [2.24, 2.45) is 0 Å².